The Morgan fingerprint density at radius 2 is 0.838 bits per heavy atom. The molecule has 8 rings (SSSR count). The first-order chi connectivity index (χ1) is 38.1. The van der Waals surface area contributed by atoms with E-state index < -0.39 is 67.1 Å². The topological polar surface area (TPSA) is 262 Å². The lowest BCUT2D eigenvalue weighted by Crippen LogP contribution is -2.30. The number of methoxy groups -OCH3 is 4. The molecule has 0 bridgehead atoms. The van der Waals surface area contributed by atoms with Crippen molar-refractivity contribution in [2.75, 3.05) is 28.4 Å². The van der Waals surface area contributed by atoms with Crippen LogP contribution in [0.3, 0.4) is 0 Å². The van der Waals surface area contributed by atoms with Crippen molar-refractivity contribution in [3.05, 3.63) is 144 Å². The number of alkyl halides is 4. The minimum absolute atomic E-state index is 0.00909. The zero-order valence-electron chi connectivity index (χ0n) is 44.9. The fourth-order valence-electron chi connectivity index (χ4n) is 8.29. The number of rotatable bonds is 22. The number of pyridine rings is 2. The van der Waals surface area contributed by atoms with Crippen LogP contribution in [0.4, 0.5) is 17.6 Å². The van der Waals surface area contributed by atoms with Crippen LogP contribution in [0, 0.1) is 27.7 Å². The first-order valence-corrected chi connectivity index (χ1v) is 27.6. The van der Waals surface area contributed by atoms with E-state index in [2.05, 4.69) is 50.3 Å². The monoisotopic (exact) mass is 1150 g/mol. The summed E-state index contributed by atoms with van der Waals surface area (Å²) in [5, 5.41) is 14.6. The Morgan fingerprint density at radius 3 is 1.15 bits per heavy atom. The summed E-state index contributed by atoms with van der Waals surface area (Å²) in [5.74, 6) is -0.913. The van der Waals surface area contributed by atoms with Crippen LogP contribution in [-0.4, -0.2) is 128 Å². The highest BCUT2D eigenvalue weighted by Gasteiger charge is 2.37. The molecule has 0 spiro atoms. The SMILES string of the molecule is COc1cccc(OC(F)F)c1-n1c(CS(=O)(=O)[C@@H](C)[C@H](OC)c2ncc(C)cn2)nnc1-c1cncc(C)c1.COc1cccc(OC(F)F)c1-n1c(CS(=O)(=O)[C@@H](C)[C@H](OC)c2ncc(C)cn2)nnc1-c1cncc(C)c1. The molecule has 28 heteroatoms. The molecule has 424 valence electrons. The normalized spacial score (nSPS) is 13.3. The number of aromatic nitrogens is 12. The summed E-state index contributed by atoms with van der Waals surface area (Å²) in [5.41, 5.74) is 4.16. The second-order valence-corrected chi connectivity index (χ2v) is 22.7. The molecule has 0 N–H and O–H groups in total. The van der Waals surface area contributed by atoms with E-state index in [1.165, 1.54) is 100 Å². The average molecular weight is 1150 g/mol. The van der Waals surface area contributed by atoms with Gasteiger partial charge in [0.05, 0.1) is 24.7 Å². The standard InChI is InChI=1S/2C26H28F2N6O5S/c2*1-15-9-18(13-29-10-15)25-33-32-21(34(25)22-19(37-4)7-6-8-20(22)39-26(27)28)14-40(35,36)17(3)23(38-5)24-30-11-16(2)12-31-24/h2*6-13,17,23,26H,14H2,1-5H3/t2*17-,23-/m00/s1. The molecule has 0 saturated carbocycles. The second kappa shape index (κ2) is 25.8. The largest absolute Gasteiger partial charge is 0.494 e. The Morgan fingerprint density at radius 1 is 0.487 bits per heavy atom. The van der Waals surface area contributed by atoms with E-state index in [9.17, 15) is 34.4 Å². The highest BCUT2D eigenvalue weighted by molar-refractivity contribution is 7.91. The Balaban J connectivity index is 0.000000231. The molecule has 80 heavy (non-hydrogen) atoms. The van der Waals surface area contributed by atoms with Crippen molar-refractivity contribution in [1.82, 2.24) is 59.4 Å². The summed E-state index contributed by atoms with van der Waals surface area (Å²) in [6.45, 7) is 3.90. The fourth-order valence-corrected chi connectivity index (χ4v) is 11.1. The highest BCUT2D eigenvalue weighted by Crippen LogP contribution is 2.40. The lowest BCUT2D eigenvalue weighted by atomic mass is 10.2. The first-order valence-electron chi connectivity index (χ1n) is 24.1. The van der Waals surface area contributed by atoms with E-state index in [-0.39, 0.29) is 69.3 Å². The number of ether oxygens (including phenoxy) is 6. The lowest BCUT2D eigenvalue weighted by Gasteiger charge is -2.22. The Kier molecular flexibility index (Phi) is 19.2. The number of hydrogen-bond donors (Lipinski definition) is 0. The molecule has 0 aliphatic heterocycles. The smallest absolute Gasteiger partial charge is 0.387 e. The third kappa shape index (κ3) is 13.7. The van der Waals surface area contributed by atoms with Gasteiger partial charge in [-0.1, -0.05) is 12.1 Å². The molecular weight excluding hydrogens is 1090 g/mol. The summed E-state index contributed by atoms with van der Waals surface area (Å²) >= 11 is 0. The van der Waals surface area contributed by atoms with E-state index in [1.54, 1.807) is 49.3 Å². The van der Waals surface area contributed by atoms with Crippen molar-refractivity contribution in [1.29, 1.82) is 0 Å². The van der Waals surface area contributed by atoms with Gasteiger partial charge in [-0.2, -0.15) is 17.6 Å². The molecule has 0 fully saturated rings. The molecule has 22 nitrogen and oxygen atoms in total. The summed E-state index contributed by atoms with van der Waals surface area (Å²) in [6, 6.07) is 12.2. The minimum Gasteiger partial charge on any atom is -0.494 e. The Bertz CT molecular complexity index is 3400. The zero-order chi connectivity index (χ0) is 58.1. The van der Waals surface area contributed by atoms with Gasteiger partial charge in [-0.05, 0) is 100 Å². The van der Waals surface area contributed by atoms with E-state index in [0.29, 0.717) is 11.1 Å². The lowest BCUT2D eigenvalue weighted by molar-refractivity contribution is -0.0506. The van der Waals surface area contributed by atoms with Crippen LogP contribution in [0.1, 0.15) is 71.6 Å². The van der Waals surface area contributed by atoms with Crippen LogP contribution in [0.2, 0.25) is 0 Å². The number of benzene rings is 2. The Labute approximate surface area is 458 Å². The van der Waals surface area contributed by atoms with Crippen molar-refractivity contribution < 1.29 is 62.8 Å². The van der Waals surface area contributed by atoms with Gasteiger partial charge in [0.1, 0.15) is 46.6 Å². The third-order valence-corrected chi connectivity index (χ3v) is 16.3. The van der Waals surface area contributed by atoms with Gasteiger partial charge < -0.3 is 28.4 Å². The maximum atomic E-state index is 13.7. The first kappa shape index (κ1) is 59.6. The van der Waals surface area contributed by atoms with Gasteiger partial charge in [0.15, 0.2) is 66.1 Å². The second-order valence-electron chi connectivity index (χ2n) is 18.0. The van der Waals surface area contributed by atoms with Crippen LogP contribution in [0.15, 0.2) is 98.1 Å². The number of para-hydroxylation sites is 2. The molecule has 0 aliphatic rings. The van der Waals surface area contributed by atoms with E-state index in [0.717, 1.165) is 22.3 Å². The van der Waals surface area contributed by atoms with Crippen molar-refractivity contribution >= 4 is 19.7 Å². The minimum atomic E-state index is -4.02. The van der Waals surface area contributed by atoms with Crippen LogP contribution in [0.25, 0.3) is 34.2 Å². The van der Waals surface area contributed by atoms with Crippen molar-refractivity contribution in [2.24, 2.45) is 0 Å². The maximum Gasteiger partial charge on any atom is 0.387 e. The molecule has 0 saturated heterocycles. The van der Waals surface area contributed by atoms with Crippen LogP contribution in [-0.2, 0) is 40.7 Å². The van der Waals surface area contributed by atoms with Crippen molar-refractivity contribution in [3.8, 4) is 57.1 Å². The quantitative estimate of drug-likeness (QED) is 0.0581. The van der Waals surface area contributed by atoms with E-state index in [4.69, 9.17) is 28.4 Å². The number of hydrogen-bond acceptors (Lipinski definition) is 20. The molecule has 8 aromatic rings. The van der Waals surface area contributed by atoms with Crippen molar-refractivity contribution in [2.45, 2.75) is 89.0 Å². The molecule has 6 aromatic heterocycles. The van der Waals surface area contributed by atoms with E-state index >= 15 is 0 Å². The molecule has 0 radical (unpaired) electrons. The summed E-state index contributed by atoms with van der Waals surface area (Å²) < 4.78 is 143. The molecule has 6 heterocycles. The van der Waals surface area contributed by atoms with Gasteiger partial charge in [-0.15, -0.1) is 20.4 Å². The number of sulfone groups is 2. The van der Waals surface area contributed by atoms with Gasteiger partial charge in [-0.3, -0.25) is 19.1 Å². The summed E-state index contributed by atoms with van der Waals surface area (Å²) in [6.07, 6.45) is 10.6. The number of nitrogens with zero attached hydrogens (tertiary/aromatic N) is 12. The zero-order valence-corrected chi connectivity index (χ0v) is 46.5. The highest BCUT2D eigenvalue weighted by atomic mass is 32.2. The fraction of sp³-hybridized carbons (Fsp3) is 0.346. The molecule has 0 unspecified atom stereocenters. The molecule has 4 atom stereocenters. The van der Waals surface area contributed by atoms with Crippen LogP contribution >= 0.6 is 0 Å². The van der Waals surface area contributed by atoms with Crippen LogP contribution in [0.5, 0.6) is 23.0 Å². The predicted octanol–water partition coefficient (Wildman–Crippen LogP) is 8.07. The van der Waals surface area contributed by atoms with Gasteiger partial charge in [-0.25, -0.2) is 36.8 Å². The average Bonchev–Trinajstić information content (AvgIpc) is 4.02. The van der Waals surface area contributed by atoms with Gasteiger partial charge in [0.25, 0.3) is 0 Å². The maximum absolute atomic E-state index is 13.7. The van der Waals surface area contributed by atoms with Gasteiger partial charge >= 0.3 is 13.2 Å². The predicted molar refractivity (Wildman–Crippen MR) is 282 cm³/mol. The molecular formula is C52H56F4N12O10S2. The Hall–Kier alpha value is -8.08. The van der Waals surface area contributed by atoms with Gasteiger partial charge in [0, 0.05) is 74.9 Å². The molecule has 2 aromatic carbocycles. The van der Waals surface area contributed by atoms with E-state index in [1.807, 2.05) is 27.7 Å². The van der Waals surface area contributed by atoms with Gasteiger partial charge in [0.2, 0.25) is 0 Å². The van der Waals surface area contributed by atoms with Crippen molar-refractivity contribution in [3.63, 3.8) is 0 Å². The molecule has 0 amide bonds. The third-order valence-electron chi connectivity index (χ3n) is 12.2. The van der Waals surface area contributed by atoms with Crippen LogP contribution < -0.4 is 18.9 Å². The summed E-state index contributed by atoms with van der Waals surface area (Å²) in [4.78, 5) is 25.3. The molecule has 0 aliphatic carbocycles. The number of halogens is 4. The summed E-state index contributed by atoms with van der Waals surface area (Å²) in [7, 11) is -2.59. The number of aryl methyl sites for hydroxylation is 4.